The van der Waals surface area contributed by atoms with Gasteiger partial charge in [-0.15, -0.1) is 0 Å². The van der Waals surface area contributed by atoms with Gasteiger partial charge in [-0.05, 0) is 6.44 Å². The molecule has 2 nitrogen and oxygen atoms in total. The lowest BCUT2D eigenvalue weighted by Gasteiger charge is -2.59. The topological polar surface area (TPSA) is 6.48 Å². The zero-order valence-electron chi connectivity index (χ0n) is 6.08. The van der Waals surface area contributed by atoms with Gasteiger partial charge < -0.3 is 4.90 Å². The standard InChI is InChI=1S/C6H12BN2P/c7-5-8-1-6(2-8)3-9(10)4-6/h1-5,10H2. The molecule has 2 aliphatic rings. The highest BCUT2D eigenvalue weighted by atomic mass is 31.0. The number of rotatable bonds is 1. The van der Waals surface area contributed by atoms with Crippen molar-refractivity contribution in [2.45, 2.75) is 0 Å². The molecule has 0 saturated carbocycles. The first kappa shape index (κ1) is 7.09. The Bertz CT molecular complexity index is 139. The van der Waals surface area contributed by atoms with Crippen LogP contribution in [0.3, 0.4) is 0 Å². The predicted molar refractivity (Wildman–Crippen MR) is 45.9 cm³/mol. The van der Waals surface area contributed by atoms with Crippen LogP contribution >= 0.6 is 9.39 Å². The van der Waals surface area contributed by atoms with Crippen molar-refractivity contribution in [2.75, 3.05) is 32.6 Å². The van der Waals surface area contributed by atoms with Gasteiger partial charge in [-0.3, -0.25) is 4.67 Å². The quantitative estimate of drug-likeness (QED) is 0.371. The summed E-state index contributed by atoms with van der Waals surface area (Å²) >= 11 is 0. The second-order valence-corrected chi connectivity index (χ2v) is 4.30. The van der Waals surface area contributed by atoms with E-state index in [1.54, 1.807) is 0 Å². The summed E-state index contributed by atoms with van der Waals surface area (Å²) in [5, 5.41) is 0. The van der Waals surface area contributed by atoms with Gasteiger partial charge in [0.2, 0.25) is 0 Å². The Balaban J connectivity index is 1.80. The van der Waals surface area contributed by atoms with E-state index >= 15 is 0 Å². The maximum atomic E-state index is 5.48. The molecule has 1 spiro atoms. The molecule has 1 atom stereocenters. The highest BCUT2D eigenvalue weighted by Crippen LogP contribution is 2.40. The minimum Gasteiger partial charge on any atom is -0.311 e. The highest BCUT2D eigenvalue weighted by molar-refractivity contribution is 7.13. The normalized spacial score (nSPS) is 31.7. The molecule has 2 radical (unpaired) electrons. The second kappa shape index (κ2) is 2.20. The Morgan fingerprint density at radius 3 is 2.30 bits per heavy atom. The molecule has 2 aliphatic heterocycles. The average Bonchev–Trinajstić information content (AvgIpc) is 1.74. The zero-order chi connectivity index (χ0) is 7.19. The lowest BCUT2D eigenvalue weighted by atomic mass is 9.74. The van der Waals surface area contributed by atoms with Crippen LogP contribution in [0.5, 0.6) is 0 Å². The molecule has 2 heterocycles. The lowest BCUT2D eigenvalue weighted by molar-refractivity contribution is -0.0680. The molecule has 0 bridgehead atoms. The van der Waals surface area contributed by atoms with Gasteiger partial charge in [-0.2, -0.15) is 0 Å². The molecule has 0 N–H and O–H groups in total. The molecule has 0 aromatic rings. The molecule has 0 aliphatic carbocycles. The summed E-state index contributed by atoms with van der Waals surface area (Å²) in [7, 11) is 8.21. The predicted octanol–water partition coefficient (Wildman–Crippen LogP) is -0.480. The van der Waals surface area contributed by atoms with E-state index in [-0.39, 0.29) is 0 Å². The monoisotopic (exact) mass is 154 g/mol. The summed E-state index contributed by atoms with van der Waals surface area (Å²) in [6, 6.07) is 0. The van der Waals surface area contributed by atoms with Crippen LogP contribution in [0, 0.1) is 5.41 Å². The number of hydrogen-bond acceptors (Lipinski definition) is 2. The van der Waals surface area contributed by atoms with Gasteiger partial charge in [-0.1, -0.05) is 9.39 Å². The molecule has 2 fully saturated rings. The van der Waals surface area contributed by atoms with Gasteiger partial charge in [0, 0.05) is 31.6 Å². The maximum absolute atomic E-state index is 5.48. The van der Waals surface area contributed by atoms with Crippen LogP contribution in [0.2, 0.25) is 0 Å². The molecule has 54 valence electrons. The molecule has 1 unspecified atom stereocenters. The third kappa shape index (κ3) is 0.921. The number of hydrogen-bond donors (Lipinski definition) is 0. The third-order valence-corrected chi connectivity index (χ3v) is 2.82. The second-order valence-electron chi connectivity index (χ2n) is 3.57. The summed E-state index contributed by atoms with van der Waals surface area (Å²) in [5.74, 6) is 0. The van der Waals surface area contributed by atoms with E-state index in [9.17, 15) is 0 Å². The van der Waals surface area contributed by atoms with Crippen molar-refractivity contribution in [1.82, 2.24) is 9.57 Å². The van der Waals surface area contributed by atoms with E-state index < -0.39 is 0 Å². The number of nitrogens with zero attached hydrogens (tertiary/aromatic N) is 2. The summed E-state index contributed by atoms with van der Waals surface area (Å²) in [6.45, 7) is 4.92. The van der Waals surface area contributed by atoms with Crippen LogP contribution in [-0.4, -0.2) is 50.0 Å². The summed E-state index contributed by atoms with van der Waals surface area (Å²) in [4.78, 5) is 2.29. The van der Waals surface area contributed by atoms with Crippen molar-refractivity contribution in [1.29, 1.82) is 0 Å². The molecule has 0 aromatic carbocycles. The summed E-state index contributed by atoms with van der Waals surface area (Å²) in [5.41, 5.74) is 0.640. The van der Waals surface area contributed by atoms with E-state index in [4.69, 9.17) is 7.85 Å². The maximum Gasteiger partial charge on any atom is 0.0863 e. The first-order chi connectivity index (χ1) is 4.74. The van der Waals surface area contributed by atoms with Crippen molar-refractivity contribution in [2.24, 2.45) is 5.41 Å². The van der Waals surface area contributed by atoms with Gasteiger partial charge >= 0.3 is 0 Å². The van der Waals surface area contributed by atoms with E-state index in [2.05, 4.69) is 19.0 Å². The van der Waals surface area contributed by atoms with E-state index in [1.807, 2.05) is 0 Å². The zero-order valence-corrected chi connectivity index (χ0v) is 7.24. The Morgan fingerprint density at radius 2 is 1.90 bits per heavy atom. The smallest absolute Gasteiger partial charge is 0.0863 e. The Morgan fingerprint density at radius 1 is 1.30 bits per heavy atom. The minimum absolute atomic E-state index is 0.640. The van der Waals surface area contributed by atoms with Gasteiger partial charge in [-0.25, -0.2) is 0 Å². The van der Waals surface area contributed by atoms with E-state index in [0.717, 1.165) is 6.44 Å². The molecular formula is C6H12BN2P. The van der Waals surface area contributed by atoms with Gasteiger partial charge in [0.1, 0.15) is 0 Å². The van der Waals surface area contributed by atoms with Crippen molar-refractivity contribution in [3.8, 4) is 0 Å². The molecule has 4 heteroatoms. The van der Waals surface area contributed by atoms with Crippen LogP contribution < -0.4 is 0 Å². The molecule has 10 heavy (non-hydrogen) atoms. The largest absolute Gasteiger partial charge is 0.311 e. The van der Waals surface area contributed by atoms with Crippen LogP contribution in [0.4, 0.5) is 0 Å². The first-order valence-electron chi connectivity index (χ1n) is 3.66. The molecule has 0 aromatic heterocycles. The SMILES string of the molecule is [B]CN1CC2(CN(P)C2)C1. The third-order valence-electron chi connectivity index (χ3n) is 2.45. The fourth-order valence-corrected chi connectivity index (χ4v) is 2.82. The average molecular weight is 154 g/mol. The van der Waals surface area contributed by atoms with E-state index in [0.29, 0.717) is 5.41 Å². The van der Waals surface area contributed by atoms with E-state index in [1.165, 1.54) is 26.2 Å². The molecule has 2 saturated heterocycles. The first-order valence-corrected chi connectivity index (χ1v) is 4.18. The fraction of sp³-hybridized carbons (Fsp3) is 1.00. The minimum atomic E-state index is 0.640. The van der Waals surface area contributed by atoms with Crippen molar-refractivity contribution in [3.63, 3.8) is 0 Å². The van der Waals surface area contributed by atoms with Gasteiger partial charge in [0.25, 0.3) is 0 Å². The highest BCUT2D eigenvalue weighted by Gasteiger charge is 2.49. The van der Waals surface area contributed by atoms with Crippen molar-refractivity contribution in [3.05, 3.63) is 0 Å². The van der Waals surface area contributed by atoms with Gasteiger partial charge in [0.05, 0.1) is 7.85 Å². The van der Waals surface area contributed by atoms with Gasteiger partial charge in [0.15, 0.2) is 0 Å². The Hall–Kier alpha value is 0.415. The van der Waals surface area contributed by atoms with Crippen molar-refractivity contribution >= 4 is 17.2 Å². The van der Waals surface area contributed by atoms with Crippen LogP contribution in [-0.2, 0) is 0 Å². The van der Waals surface area contributed by atoms with Crippen LogP contribution in [0.15, 0.2) is 0 Å². The van der Waals surface area contributed by atoms with Crippen molar-refractivity contribution < 1.29 is 0 Å². The van der Waals surface area contributed by atoms with Crippen LogP contribution in [0.25, 0.3) is 0 Å². The lowest BCUT2D eigenvalue weighted by Crippen LogP contribution is -2.69. The Labute approximate surface area is 65.6 Å². The fourth-order valence-electron chi connectivity index (χ4n) is 2.05. The van der Waals surface area contributed by atoms with Crippen LogP contribution in [0.1, 0.15) is 0 Å². The Kier molecular flexibility index (Phi) is 1.56. The molecule has 0 amide bonds. The molecular weight excluding hydrogens is 142 g/mol. The molecule has 2 rings (SSSR count). The summed E-state index contributed by atoms with van der Waals surface area (Å²) in [6.07, 6.45) is 0.735. The number of likely N-dealkylation sites (tertiary alicyclic amines) is 1. The summed E-state index contributed by atoms with van der Waals surface area (Å²) < 4.78 is 2.29.